The molecule has 1 rings (SSSR count). The van der Waals surface area contributed by atoms with Crippen molar-refractivity contribution in [1.29, 1.82) is 0 Å². The van der Waals surface area contributed by atoms with Gasteiger partial charge in [0.25, 0.3) is 5.09 Å². The van der Waals surface area contributed by atoms with E-state index >= 15 is 0 Å². The summed E-state index contributed by atoms with van der Waals surface area (Å²) in [7, 11) is 0. The molecule has 0 saturated heterocycles. The summed E-state index contributed by atoms with van der Waals surface area (Å²) >= 11 is 0. The van der Waals surface area contributed by atoms with Gasteiger partial charge in [-0.1, -0.05) is 0 Å². The minimum Gasteiger partial charge on any atom is -0.328 e. The Hall–Kier alpha value is -1.86. The van der Waals surface area contributed by atoms with Gasteiger partial charge < -0.3 is 11.0 Å². The largest absolute Gasteiger partial charge is 0.328 e. The van der Waals surface area contributed by atoms with Crippen LogP contribution in [0.1, 0.15) is 0 Å². The van der Waals surface area contributed by atoms with E-state index in [1.165, 1.54) is 6.20 Å². The Morgan fingerprint density at radius 2 is 2.30 bits per heavy atom. The van der Waals surface area contributed by atoms with Gasteiger partial charge in [0.15, 0.2) is 0 Å². The minimum absolute atomic E-state index is 1.14. The first kappa shape index (κ1) is 8.14. The summed E-state index contributed by atoms with van der Waals surface area (Å²) in [5.74, 6) is 5.02. The summed E-state index contributed by atoms with van der Waals surface area (Å²) in [4.78, 5) is 9.50. The molecule has 8 heteroatoms. The fraction of sp³-hybridized carbons (Fsp3) is 0. The second-order valence-corrected chi connectivity index (χ2v) is 1.12. The lowest BCUT2D eigenvalue weighted by Crippen LogP contribution is -2.07. The van der Waals surface area contributed by atoms with Crippen molar-refractivity contribution in [1.82, 2.24) is 15.1 Å². The fourth-order valence-corrected chi connectivity index (χ4v) is 0.217. The molecule has 0 aliphatic heterocycles. The highest BCUT2D eigenvalue weighted by Gasteiger charge is 1.71. The Labute approximate surface area is 54.9 Å². The number of rotatable bonds is 0. The first-order valence-corrected chi connectivity index (χ1v) is 2.07. The van der Waals surface area contributed by atoms with Crippen molar-refractivity contribution in [3.05, 3.63) is 22.5 Å². The van der Waals surface area contributed by atoms with Crippen LogP contribution in [0.15, 0.2) is 12.4 Å². The van der Waals surface area contributed by atoms with Gasteiger partial charge in [0.1, 0.15) is 0 Å². The molecular formula is C2H5N5O3. The van der Waals surface area contributed by atoms with Crippen molar-refractivity contribution < 1.29 is 10.3 Å². The third-order valence-electron chi connectivity index (χ3n) is 0.441. The first-order chi connectivity index (χ1) is 4.63. The molecule has 8 nitrogen and oxygen atoms in total. The van der Waals surface area contributed by atoms with Crippen molar-refractivity contribution in [2.75, 3.05) is 5.84 Å². The highest BCUT2D eigenvalue weighted by atomic mass is 16.9. The first-order valence-electron chi connectivity index (χ1n) is 2.07. The van der Waals surface area contributed by atoms with Crippen molar-refractivity contribution in [2.24, 2.45) is 0 Å². The van der Waals surface area contributed by atoms with Gasteiger partial charge in [-0.15, -0.1) is 15.2 Å². The average Bonchev–Trinajstić information content (AvgIpc) is 2.15. The molecule has 56 valence electrons. The number of hydrogen-bond acceptors (Lipinski definition) is 5. The molecule has 10 heavy (non-hydrogen) atoms. The minimum atomic E-state index is -1.50. The molecule has 1 heterocycles. The monoisotopic (exact) mass is 147 g/mol. The van der Waals surface area contributed by atoms with E-state index in [0.29, 0.717) is 0 Å². The van der Waals surface area contributed by atoms with E-state index in [2.05, 4.69) is 10.3 Å². The molecule has 0 saturated carbocycles. The second-order valence-electron chi connectivity index (χ2n) is 1.12. The predicted molar refractivity (Wildman–Crippen MR) is 29.0 cm³/mol. The van der Waals surface area contributed by atoms with Crippen LogP contribution in [-0.2, 0) is 0 Å². The van der Waals surface area contributed by atoms with Gasteiger partial charge in [-0.2, -0.15) is 4.79 Å². The highest BCUT2D eigenvalue weighted by molar-refractivity contribution is 4.61. The summed E-state index contributed by atoms with van der Waals surface area (Å²) in [6, 6.07) is 0. The smallest absolute Gasteiger partial charge is 0.291 e. The molecule has 0 aliphatic carbocycles. The number of nitrogens with zero attached hydrogens (tertiary/aromatic N) is 4. The van der Waals surface area contributed by atoms with Crippen LogP contribution in [-0.4, -0.2) is 25.4 Å². The van der Waals surface area contributed by atoms with Gasteiger partial charge in [-0.3, -0.25) is 0 Å². The molecule has 0 radical (unpaired) electrons. The molecule has 0 unspecified atom stereocenters. The fourth-order valence-electron chi connectivity index (χ4n) is 0.217. The number of nitrogen functional groups attached to an aromatic ring is 1. The van der Waals surface area contributed by atoms with Crippen molar-refractivity contribution in [2.45, 2.75) is 0 Å². The van der Waals surface area contributed by atoms with Crippen LogP contribution in [0.3, 0.4) is 0 Å². The molecule has 0 amide bonds. The van der Waals surface area contributed by atoms with Gasteiger partial charge in [-0.25, -0.2) is 0 Å². The second kappa shape index (κ2) is 4.06. The maximum Gasteiger partial charge on any atom is 0.291 e. The maximum absolute atomic E-state index is 8.36. The lowest BCUT2D eigenvalue weighted by atomic mass is 11.0. The van der Waals surface area contributed by atoms with E-state index in [-0.39, 0.29) is 0 Å². The summed E-state index contributed by atoms with van der Waals surface area (Å²) in [6.45, 7) is 0. The van der Waals surface area contributed by atoms with E-state index < -0.39 is 5.09 Å². The Bertz CT molecular complexity index is 179. The van der Waals surface area contributed by atoms with Crippen LogP contribution in [0.2, 0.25) is 0 Å². The summed E-state index contributed by atoms with van der Waals surface area (Å²) in [5.41, 5.74) is 0. The Balaban J connectivity index is 0.000000180. The summed E-state index contributed by atoms with van der Waals surface area (Å²) < 4.78 is 0. The Morgan fingerprint density at radius 3 is 2.40 bits per heavy atom. The van der Waals surface area contributed by atoms with Gasteiger partial charge in [0.2, 0.25) is 0 Å². The molecule has 0 bridgehead atoms. The zero-order chi connectivity index (χ0) is 7.98. The Morgan fingerprint density at radius 1 is 1.80 bits per heavy atom. The predicted octanol–water partition coefficient (Wildman–Crippen LogP) is -1.36. The SMILES string of the molecule is Nn1ccnn1.O=[N+]([O-])O. The molecule has 0 atom stereocenters. The molecule has 0 aromatic carbocycles. The number of nitrogens with two attached hydrogens (primary N) is 1. The van der Waals surface area contributed by atoms with E-state index in [0.717, 1.165) is 4.79 Å². The van der Waals surface area contributed by atoms with Crippen LogP contribution < -0.4 is 5.84 Å². The van der Waals surface area contributed by atoms with Crippen LogP contribution in [0.5, 0.6) is 0 Å². The normalized spacial score (nSPS) is 7.60. The van der Waals surface area contributed by atoms with Crippen molar-refractivity contribution in [3.8, 4) is 0 Å². The topological polar surface area (TPSA) is 120 Å². The third kappa shape index (κ3) is 6.14. The number of hydrogen-bond donors (Lipinski definition) is 2. The van der Waals surface area contributed by atoms with Crippen LogP contribution in [0, 0.1) is 10.1 Å². The quantitative estimate of drug-likeness (QED) is 0.265. The van der Waals surface area contributed by atoms with Crippen LogP contribution >= 0.6 is 0 Å². The third-order valence-corrected chi connectivity index (χ3v) is 0.441. The molecule has 0 aliphatic rings. The lowest BCUT2D eigenvalue weighted by molar-refractivity contribution is -0.742. The summed E-state index contributed by atoms with van der Waals surface area (Å²) in [6.07, 6.45) is 3.07. The van der Waals surface area contributed by atoms with E-state index in [9.17, 15) is 0 Å². The van der Waals surface area contributed by atoms with E-state index in [1.807, 2.05) is 0 Å². The standard InChI is InChI=1S/C2H4N4.HNO3/c3-6-2-1-4-5-6;2-1(3)4/h1-2H,3H2;(H,2,3,4). The van der Waals surface area contributed by atoms with Gasteiger partial charge in [-0.05, 0) is 5.21 Å². The van der Waals surface area contributed by atoms with Crippen LogP contribution in [0.25, 0.3) is 0 Å². The zero-order valence-corrected chi connectivity index (χ0v) is 4.78. The Kier molecular flexibility index (Phi) is 3.31. The van der Waals surface area contributed by atoms with E-state index in [1.54, 1.807) is 6.20 Å². The van der Waals surface area contributed by atoms with Crippen molar-refractivity contribution in [3.63, 3.8) is 0 Å². The molecule has 0 spiro atoms. The molecule has 1 aromatic heterocycles. The average molecular weight is 147 g/mol. The molecule has 3 N–H and O–H groups in total. The number of aromatic nitrogens is 3. The highest BCUT2D eigenvalue weighted by Crippen LogP contribution is 1.62. The van der Waals surface area contributed by atoms with Gasteiger partial charge >= 0.3 is 0 Å². The van der Waals surface area contributed by atoms with E-state index in [4.69, 9.17) is 21.2 Å². The molecule has 1 aromatic rings. The van der Waals surface area contributed by atoms with Crippen molar-refractivity contribution >= 4 is 0 Å². The van der Waals surface area contributed by atoms with Gasteiger partial charge in [0, 0.05) is 0 Å². The molecule has 0 fully saturated rings. The maximum atomic E-state index is 8.36. The zero-order valence-electron chi connectivity index (χ0n) is 4.78. The van der Waals surface area contributed by atoms with Crippen LogP contribution in [0.4, 0.5) is 0 Å². The summed E-state index contributed by atoms with van der Waals surface area (Å²) in [5, 5.41) is 20.4. The molecular weight excluding hydrogens is 142 g/mol. The lowest BCUT2D eigenvalue weighted by Gasteiger charge is -1.76. The van der Waals surface area contributed by atoms with Gasteiger partial charge in [0.05, 0.1) is 12.4 Å².